The van der Waals surface area contributed by atoms with Gasteiger partial charge in [-0.1, -0.05) is 5.16 Å². The van der Waals surface area contributed by atoms with Crippen LogP contribution in [0.5, 0.6) is 0 Å². The second kappa shape index (κ2) is 6.93. The van der Waals surface area contributed by atoms with Crippen molar-refractivity contribution in [1.29, 1.82) is 0 Å². The van der Waals surface area contributed by atoms with E-state index in [0.717, 1.165) is 10.6 Å². The fourth-order valence-corrected chi connectivity index (χ4v) is 2.22. The lowest BCUT2D eigenvalue weighted by molar-refractivity contribution is 0.210. The van der Waals surface area contributed by atoms with Gasteiger partial charge in [0, 0.05) is 13.7 Å². The SMILES string of the molecule is COCCNc1nonc1-c1noc(=O)n1-c1ccc(Br)c(F)c1. The summed E-state index contributed by atoms with van der Waals surface area (Å²) < 4.78 is 29.4. The van der Waals surface area contributed by atoms with E-state index in [9.17, 15) is 9.18 Å². The largest absolute Gasteiger partial charge is 0.446 e. The Kier molecular flexibility index (Phi) is 4.71. The molecular formula is C13H11BrFN5O4. The second-order valence-corrected chi connectivity index (χ2v) is 5.44. The molecule has 126 valence electrons. The van der Waals surface area contributed by atoms with Gasteiger partial charge in [0.15, 0.2) is 5.69 Å². The highest BCUT2D eigenvalue weighted by molar-refractivity contribution is 9.10. The maximum atomic E-state index is 13.8. The van der Waals surface area contributed by atoms with Crippen molar-refractivity contribution in [1.82, 2.24) is 20.0 Å². The third-order valence-electron chi connectivity index (χ3n) is 3.06. The molecule has 11 heteroatoms. The Morgan fingerprint density at radius 3 is 2.96 bits per heavy atom. The van der Waals surface area contributed by atoms with E-state index < -0.39 is 11.6 Å². The van der Waals surface area contributed by atoms with Crippen molar-refractivity contribution in [2.45, 2.75) is 0 Å². The molecule has 1 N–H and O–H groups in total. The van der Waals surface area contributed by atoms with Gasteiger partial charge in [0.05, 0.1) is 16.8 Å². The first-order valence-electron chi connectivity index (χ1n) is 6.71. The van der Waals surface area contributed by atoms with Crippen LogP contribution in [0.3, 0.4) is 0 Å². The zero-order valence-electron chi connectivity index (χ0n) is 12.3. The Hall–Kier alpha value is -2.53. The quantitative estimate of drug-likeness (QED) is 0.625. The van der Waals surface area contributed by atoms with Gasteiger partial charge in [0.25, 0.3) is 0 Å². The molecule has 0 aliphatic carbocycles. The van der Waals surface area contributed by atoms with Crippen LogP contribution in [0.1, 0.15) is 0 Å². The maximum absolute atomic E-state index is 13.8. The fourth-order valence-electron chi connectivity index (χ4n) is 1.97. The number of nitrogens with zero attached hydrogens (tertiary/aromatic N) is 4. The van der Waals surface area contributed by atoms with E-state index in [1.54, 1.807) is 7.11 Å². The number of nitrogens with one attached hydrogen (secondary N) is 1. The van der Waals surface area contributed by atoms with E-state index in [1.165, 1.54) is 12.1 Å². The molecule has 3 aromatic rings. The third-order valence-corrected chi connectivity index (χ3v) is 3.71. The van der Waals surface area contributed by atoms with E-state index in [0.29, 0.717) is 13.2 Å². The van der Waals surface area contributed by atoms with Crippen LogP contribution in [-0.2, 0) is 4.74 Å². The first-order chi connectivity index (χ1) is 11.6. The van der Waals surface area contributed by atoms with Gasteiger partial charge in [-0.2, -0.15) is 0 Å². The van der Waals surface area contributed by atoms with E-state index in [2.05, 4.69) is 41.2 Å². The summed E-state index contributed by atoms with van der Waals surface area (Å²) in [5, 5.41) is 14.1. The Balaban J connectivity index is 2.04. The van der Waals surface area contributed by atoms with Gasteiger partial charge in [-0.3, -0.25) is 4.52 Å². The minimum absolute atomic E-state index is 0.0305. The molecule has 0 unspecified atom stereocenters. The normalized spacial score (nSPS) is 11.0. The Bertz CT molecular complexity index is 906. The van der Waals surface area contributed by atoms with Crippen LogP contribution in [0.15, 0.2) is 36.6 Å². The molecule has 0 radical (unpaired) electrons. The van der Waals surface area contributed by atoms with Crippen LogP contribution < -0.4 is 11.1 Å². The molecule has 0 aliphatic rings. The van der Waals surface area contributed by atoms with Crippen molar-refractivity contribution in [3.05, 3.63) is 39.0 Å². The minimum Gasteiger partial charge on any atom is -0.383 e. The summed E-state index contributed by atoms with van der Waals surface area (Å²) in [4.78, 5) is 12.0. The molecule has 0 atom stereocenters. The summed E-state index contributed by atoms with van der Waals surface area (Å²) in [7, 11) is 1.56. The number of hydrogen-bond donors (Lipinski definition) is 1. The summed E-state index contributed by atoms with van der Waals surface area (Å²) in [6.45, 7) is 0.864. The second-order valence-electron chi connectivity index (χ2n) is 4.59. The highest BCUT2D eigenvalue weighted by atomic mass is 79.9. The van der Waals surface area contributed by atoms with Crippen LogP contribution >= 0.6 is 15.9 Å². The summed E-state index contributed by atoms with van der Waals surface area (Å²) >= 11 is 3.05. The topological polar surface area (TPSA) is 108 Å². The number of aromatic nitrogens is 4. The molecule has 0 bridgehead atoms. The molecular weight excluding hydrogens is 389 g/mol. The molecule has 24 heavy (non-hydrogen) atoms. The van der Waals surface area contributed by atoms with Crippen molar-refractivity contribution in [2.75, 3.05) is 25.6 Å². The third kappa shape index (κ3) is 3.08. The average Bonchev–Trinajstić information content (AvgIpc) is 3.17. The zero-order chi connectivity index (χ0) is 17.1. The Labute approximate surface area is 142 Å². The van der Waals surface area contributed by atoms with Gasteiger partial charge >= 0.3 is 5.76 Å². The Morgan fingerprint density at radius 1 is 1.38 bits per heavy atom. The smallest absolute Gasteiger partial charge is 0.383 e. The number of ether oxygens (including phenoxy) is 1. The number of rotatable bonds is 6. The standard InChI is InChI=1S/C13H11BrFN5O4/c1-22-5-4-16-11-10(17-24-18-11)12-19-23-13(21)20(12)7-2-3-8(14)9(15)6-7/h2-3,6H,4-5H2,1H3,(H,16,18). The van der Waals surface area contributed by atoms with E-state index >= 15 is 0 Å². The number of halogens is 2. The lowest BCUT2D eigenvalue weighted by Crippen LogP contribution is -2.14. The summed E-state index contributed by atoms with van der Waals surface area (Å²) in [5.74, 6) is -1.05. The first-order valence-corrected chi connectivity index (χ1v) is 7.51. The van der Waals surface area contributed by atoms with Crippen molar-refractivity contribution in [2.24, 2.45) is 0 Å². The molecule has 0 aliphatic heterocycles. The lowest BCUT2D eigenvalue weighted by atomic mass is 10.3. The summed E-state index contributed by atoms with van der Waals surface area (Å²) in [6.07, 6.45) is 0. The molecule has 2 heterocycles. The summed E-state index contributed by atoms with van der Waals surface area (Å²) in [6, 6.07) is 4.16. The van der Waals surface area contributed by atoms with E-state index in [1.807, 2.05) is 0 Å². The molecule has 3 rings (SSSR count). The maximum Gasteiger partial charge on any atom is 0.446 e. The molecule has 0 spiro atoms. The van der Waals surface area contributed by atoms with Crippen molar-refractivity contribution >= 4 is 21.7 Å². The van der Waals surface area contributed by atoms with Crippen molar-refractivity contribution in [3.8, 4) is 17.2 Å². The lowest BCUT2D eigenvalue weighted by Gasteiger charge is -2.05. The highest BCUT2D eigenvalue weighted by Gasteiger charge is 2.23. The predicted octanol–water partition coefficient (Wildman–Crippen LogP) is 1.84. The van der Waals surface area contributed by atoms with Crippen LogP contribution in [0.4, 0.5) is 10.2 Å². The van der Waals surface area contributed by atoms with Gasteiger partial charge in [-0.05, 0) is 44.4 Å². The van der Waals surface area contributed by atoms with Gasteiger partial charge < -0.3 is 10.1 Å². The van der Waals surface area contributed by atoms with Gasteiger partial charge in [-0.25, -0.2) is 18.4 Å². The molecule has 0 saturated heterocycles. The molecule has 1 aromatic carbocycles. The predicted molar refractivity (Wildman–Crippen MR) is 83.4 cm³/mol. The van der Waals surface area contributed by atoms with Crippen LogP contribution in [0.2, 0.25) is 0 Å². The first kappa shape index (κ1) is 16.3. The van der Waals surface area contributed by atoms with Crippen LogP contribution in [-0.4, -0.2) is 40.3 Å². The number of benzene rings is 1. The molecule has 0 amide bonds. The molecule has 9 nitrogen and oxygen atoms in total. The van der Waals surface area contributed by atoms with Crippen molar-refractivity contribution < 1.29 is 18.3 Å². The van der Waals surface area contributed by atoms with Gasteiger partial charge in [0.1, 0.15) is 5.82 Å². The van der Waals surface area contributed by atoms with Crippen molar-refractivity contribution in [3.63, 3.8) is 0 Å². The molecule has 0 fully saturated rings. The minimum atomic E-state index is -0.794. The van der Waals surface area contributed by atoms with Gasteiger partial charge in [-0.15, -0.1) is 0 Å². The van der Waals surface area contributed by atoms with Crippen LogP contribution in [0, 0.1) is 5.82 Å². The zero-order valence-corrected chi connectivity index (χ0v) is 13.9. The monoisotopic (exact) mass is 399 g/mol. The fraction of sp³-hybridized carbons (Fsp3) is 0.231. The Morgan fingerprint density at radius 2 is 2.21 bits per heavy atom. The van der Waals surface area contributed by atoms with E-state index in [-0.39, 0.29) is 27.5 Å². The van der Waals surface area contributed by atoms with E-state index in [4.69, 9.17) is 9.37 Å². The number of hydrogen-bond acceptors (Lipinski definition) is 8. The highest BCUT2D eigenvalue weighted by Crippen LogP contribution is 2.25. The molecule has 2 aromatic heterocycles. The average molecular weight is 400 g/mol. The van der Waals surface area contributed by atoms with Gasteiger partial charge in [0.2, 0.25) is 11.6 Å². The molecule has 0 saturated carbocycles. The van der Waals surface area contributed by atoms with Crippen LogP contribution in [0.25, 0.3) is 17.2 Å². The summed E-state index contributed by atoms with van der Waals surface area (Å²) in [5.41, 5.74) is 0.378. The number of methoxy groups -OCH3 is 1. The number of anilines is 1.